The van der Waals surface area contributed by atoms with E-state index in [-0.39, 0.29) is 42.8 Å². The summed E-state index contributed by atoms with van der Waals surface area (Å²) in [5.74, 6) is 0. The maximum atomic E-state index is 3.60. The first kappa shape index (κ1) is 29.5. The molecule has 0 spiro atoms. The zero-order valence-corrected chi connectivity index (χ0v) is 15.4. The third kappa shape index (κ3) is 108. The molecule has 0 saturated carbocycles. The molecule has 0 nitrogen and oxygen atoms in total. The fraction of sp³-hybridized carbons (Fsp3) is 0.750. The van der Waals surface area contributed by atoms with Crippen molar-refractivity contribution in [2.24, 2.45) is 0 Å². The van der Waals surface area contributed by atoms with Crippen LogP contribution in [0.4, 0.5) is 0 Å². The molecule has 0 heterocycles. The van der Waals surface area contributed by atoms with Crippen molar-refractivity contribution in [3.05, 3.63) is 20.8 Å². The van der Waals surface area contributed by atoms with Gasteiger partial charge in [0.05, 0.1) is 0 Å². The first-order valence-electron chi connectivity index (χ1n) is 5.12. The first-order valence-corrected chi connectivity index (χ1v) is 5.12. The molecule has 0 N–H and O–H groups in total. The van der Waals surface area contributed by atoms with Crippen molar-refractivity contribution in [2.45, 2.75) is 59.3 Å². The predicted molar refractivity (Wildman–Crippen MR) is 60.8 cm³/mol. The molecule has 0 radical (unpaired) electrons. The van der Waals surface area contributed by atoms with E-state index in [1.807, 2.05) is 0 Å². The maximum Gasteiger partial charge on any atom is 4.00 e. The van der Waals surface area contributed by atoms with Gasteiger partial charge < -0.3 is 37.8 Å². The average Bonchev–Trinajstić information content (AvgIpc) is 2.18. The molecule has 0 aromatic carbocycles. The molecule has 0 rings (SSSR count). The summed E-state index contributed by atoms with van der Waals surface area (Å²) in [6.45, 7) is 17.2. The minimum absolute atomic E-state index is 0. The molecule has 0 atom stereocenters. The van der Waals surface area contributed by atoms with E-state index >= 15 is 0 Å². The van der Waals surface area contributed by atoms with Gasteiger partial charge in [0.15, 0.2) is 0 Å². The Kier molecular flexibility index (Phi) is 99.8. The summed E-state index contributed by atoms with van der Waals surface area (Å²) < 4.78 is 0. The van der Waals surface area contributed by atoms with Crippen molar-refractivity contribution in [1.29, 1.82) is 0 Å². The summed E-state index contributed by atoms with van der Waals surface area (Å²) in [4.78, 5) is 0. The van der Waals surface area contributed by atoms with Crippen molar-refractivity contribution in [3.63, 3.8) is 0 Å². The Morgan fingerprint density at radius 1 is 0.643 bits per heavy atom. The Balaban J connectivity index is -0.0000000270. The molecule has 0 aromatic rings. The van der Waals surface area contributed by atoms with E-state index in [1.54, 1.807) is 0 Å². The van der Waals surface area contributed by atoms with Crippen LogP contribution in [0.2, 0.25) is 0 Å². The van der Waals surface area contributed by atoms with Gasteiger partial charge in [-0.25, -0.2) is 0 Å². The van der Waals surface area contributed by atoms with Crippen LogP contribution in [0, 0.1) is 20.8 Å². The fourth-order valence-electron chi connectivity index (χ4n) is 0. The maximum absolute atomic E-state index is 3.60. The van der Waals surface area contributed by atoms with Crippen molar-refractivity contribution in [1.82, 2.24) is 0 Å². The molecule has 0 unspecified atom stereocenters. The summed E-state index contributed by atoms with van der Waals surface area (Å²) in [6, 6.07) is 0. The van der Waals surface area contributed by atoms with Crippen LogP contribution < -0.4 is 17.0 Å². The van der Waals surface area contributed by atoms with Crippen LogP contribution in [0.3, 0.4) is 0 Å². The van der Waals surface area contributed by atoms with Crippen LogP contribution in [0.15, 0.2) is 0 Å². The van der Waals surface area contributed by atoms with E-state index in [9.17, 15) is 0 Å². The zero-order valence-electron chi connectivity index (χ0n) is 10.2. The van der Waals surface area contributed by atoms with Crippen molar-refractivity contribution in [3.8, 4) is 0 Å². The quantitative estimate of drug-likeness (QED) is 0.475. The molecule has 0 bridgehead atoms. The summed E-state index contributed by atoms with van der Waals surface area (Å²) >= 11 is 0. The van der Waals surface area contributed by atoms with Gasteiger partial charge >= 0.3 is 25.8 Å². The van der Waals surface area contributed by atoms with Crippen LogP contribution >= 0.6 is 0 Å². The minimum Gasteiger partial charge on any atom is -1.00 e. The van der Waals surface area contributed by atoms with Crippen molar-refractivity contribution in [2.75, 3.05) is 0 Å². The Morgan fingerprint density at radius 3 is 0.714 bits per heavy atom. The molecule has 0 aliphatic carbocycles. The average molecular weight is 430 g/mol. The van der Waals surface area contributed by atoms with Crippen molar-refractivity contribution >= 4 is 0 Å². The Labute approximate surface area is 122 Å². The number of unbranched alkanes of at least 4 members (excludes halogenated alkanes) is 3. The first-order chi connectivity index (χ1) is 5.74. The molecule has 0 aromatic heterocycles. The largest absolute Gasteiger partial charge is 4.00 e. The third-order valence-corrected chi connectivity index (χ3v) is 1.06. The Morgan fingerprint density at radius 2 is 0.714 bits per heavy atom. The second kappa shape index (κ2) is 47.3. The fourth-order valence-corrected chi connectivity index (χ4v) is 0. The topological polar surface area (TPSA) is 0 Å². The SMILES string of the molecule is [Br-].[CH2-]CCC.[CH2-]CCC.[CH2-]CCC.[Hf+4]. The molecule has 0 amide bonds. The number of rotatable bonds is 3. The van der Waals surface area contributed by atoms with E-state index in [0.29, 0.717) is 0 Å². The second-order valence-corrected chi connectivity index (χ2v) is 2.56. The summed E-state index contributed by atoms with van der Waals surface area (Å²) in [5.41, 5.74) is 0. The van der Waals surface area contributed by atoms with Crippen LogP contribution in [0.25, 0.3) is 0 Å². The smallest absolute Gasteiger partial charge is 1.00 e. The molecule has 0 aliphatic rings. The van der Waals surface area contributed by atoms with Crippen LogP contribution in [-0.2, 0) is 25.8 Å². The summed E-state index contributed by atoms with van der Waals surface area (Å²) in [5, 5.41) is 0. The minimum atomic E-state index is 0. The normalized spacial score (nSPS) is 6.43. The van der Waals surface area contributed by atoms with E-state index in [2.05, 4.69) is 41.5 Å². The number of hydrogen-bond acceptors (Lipinski definition) is 0. The standard InChI is InChI=1S/3C4H9.BrH.Hf/c3*1-3-4-2;;/h3*1,3-4H2,2H3;1H;/q3*-1;;+4/p-1. The van der Waals surface area contributed by atoms with E-state index < -0.39 is 0 Å². The molecule has 2 heteroatoms. The second-order valence-electron chi connectivity index (χ2n) is 2.56. The van der Waals surface area contributed by atoms with Gasteiger partial charge in [-0.2, -0.15) is 19.3 Å². The Hall–Kier alpha value is 1.35. The Bertz CT molecular complexity index is 25.8. The molecular weight excluding hydrogens is 403 g/mol. The number of hydrogen-bond donors (Lipinski definition) is 0. The third-order valence-electron chi connectivity index (χ3n) is 1.06. The van der Waals surface area contributed by atoms with E-state index in [0.717, 1.165) is 19.3 Å². The van der Waals surface area contributed by atoms with Crippen LogP contribution in [-0.4, -0.2) is 0 Å². The summed E-state index contributed by atoms with van der Waals surface area (Å²) in [6.07, 6.45) is 6.83. The van der Waals surface area contributed by atoms with Crippen LogP contribution in [0.5, 0.6) is 0 Å². The van der Waals surface area contributed by atoms with Gasteiger partial charge in [0.25, 0.3) is 0 Å². The van der Waals surface area contributed by atoms with E-state index in [4.69, 9.17) is 0 Å². The van der Waals surface area contributed by atoms with Gasteiger partial charge in [-0.1, -0.05) is 40.0 Å². The van der Waals surface area contributed by atoms with Gasteiger partial charge in [0.2, 0.25) is 0 Å². The van der Waals surface area contributed by atoms with Crippen LogP contribution in [0.1, 0.15) is 59.3 Å². The molecule has 14 heavy (non-hydrogen) atoms. The zero-order chi connectivity index (χ0) is 10.2. The predicted octanol–water partition coefficient (Wildman–Crippen LogP) is 1.86. The van der Waals surface area contributed by atoms with Gasteiger partial charge in [-0.15, -0.1) is 0 Å². The van der Waals surface area contributed by atoms with Crippen molar-refractivity contribution < 1.29 is 42.8 Å². The molecular formula is C12H27BrHf. The molecule has 86 valence electrons. The molecule has 0 saturated heterocycles. The molecule has 0 fully saturated rings. The molecule has 0 aliphatic heterocycles. The van der Waals surface area contributed by atoms with Gasteiger partial charge in [0.1, 0.15) is 0 Å². The van der Waals surface area contributed by atoms with Gasteiger partial charge in [-0.05, 0) is 0 Å². The summed E-state index contributed by atoms with van der Waals surface area (Å²) in [7, 11) is 0. The number of halogens is 1. The monoisotopic (exact) mass is 430 g/mol. The van der Waals surface area contributed by atoms with Gasteiger partial charge in [-0.3, -0.25) is 0 Å². The van der Waals surface area contributed by atoms with E-state index in [1.165, 1.54) is 19.3 Å². The van der Waals surface area contributed by atoms with Gasteiger partial charge in [0, 0.05) is 0 Å².